The zero-order chi connectivity index (χ0) is 15.6. The summed E-state index contributed by atoms with van der Waals surface area (Å²) < 4.78 is 27.2. The van der Waals surface area contributed by atoms with Crippen molar-refractivity contribution < 1.29 is 8.78 Å². The summed E-state index contributed by atoms with van der Waals surface area (Å²) in [5.41, 5.74) is 0.597. The Kier molecular flexibility index (Phi) is 4.99. The molecule has 21 heavy (non-hydrogen) atoms. The number of piperazine rings is 1. The fourth-order valence-corrected chi connectivity index (χ4v) is 2.92. The number of rotatable bonds is 3. The van der Waals surface area contributed by atoms with Crippen LogP contribution in [0.5, 0.6) is 0 Å². The van der Waals surface area contributed by atoms with Crippen molar-refractivity contribution in [3.8, 4) is 0 Å². The number of halogens is 2. The summed E-state index contributed by atoms with van der Waals surface area (Å²) >= 11 is 0. The van der Waals surface area contributed by atoms with Crippen LogP contribution in [-0.2, 0) is 6.54 Å². The van der Waals surface area contributed by atoms with Crippen LogP contribution in [-0.4, -0.2) is 30.1 Å². The second-order valence-electron chi connectivity index (χ2n) is 7.05. The Labute approximate surface area is 126 Å². The minimum atomic E-state index is -0.373. The molecule has 0 amide bonds. The molecule has 1 aliphatic rings. The zero-order valence-corrected chi connectivity index (χ0v) is 13.4. The molecule has 2 nitrogen and oxygen atoms in total. The van der Waals surface area contributed by atoms with Crippen LogP contribution >= 0.6 is 0 Å². The van der Waals surface area contributed by atoms with Crippen molar-refractivity contribution in [3.63, 3.8) is 0 Å². The van der Waals surface area contributed by atoms with E-state index in [2.05, 4.69) is 37.9 Å². The smallest absolute Gasteiger partial charge is 0.127 e. The summed E-state index contributed by atoms with van der Waals surface area (Å²) in [6, 6.07) is 4.43. The molecule has 1 aromatic carbocycles. The maximum atomic E-state index is 13.9. The standard InChI is InChI=1S/C17H26F2N2/c1-5-14-9-20-16(17(2,3)4)11-21(14)10-12-8-13(18)6-7-15(12)19/h6-8,14,16,20H,5,9-11H2,1-4H3. The van der Waals surface area contributed by atoms with Gasteiger partial charge in [-0.25, -0.2) is 8.78 Å². The average Bonchev–Trinajstić information content (AvgIpc) is 2.42. The largest absolute Gasteiger partial charge is 0.311 e. The molecular weight excluding hydrogens is 270 g/mol. The van der Waals surface area contributed by atoms with Crippen molar-refractivity contribution in [3.05, 3.63) is 35.4 Å². The van der Waals surface area contributed by atoms with Gasteiger partial charge in [-0.2, -0.15) is 0 Å². The molecule has 1 N–H and O–H groups in total. The predicted molar refractivity (Wildman–Crippen MR) is 82.1 cm³/mol. The van der Waals surface area contributed by atoms with E-state index in [4.69, 9.17) is 0 Å². The number of benzene rings is 1. The fourth-order valence-electron chi connectivity index (χ4n) is 2.92. The van der Waals surface area contributed by atoms with Crippen molar-refractivity contribution >= 4 is 0 Å². The van der Waals surface area contributed by atoms with Gasteiger partial charge in [0.25, 0.3) is 0 Å². The minimum Gasteiger partial charge on any atom is -0.311 e. The predicted octanol–water partition coefficient (Wildman–Crippen LogP) is 3.56. The summed E-state index contributed by atoms with van der Waals surface area (Å²) in [5.74, 6) is -0.695. The van der Waals surface area contributed by atoms with Crippen LogP contribution in [0.3, 0.4) is 0 Å². The lowest BCUT2D eigenvalue weighted by Gasteiger charge is -2.45. The summed E-state index contributed by atoms with van der Waals surface area (Å²) in [5, 5.41) is 3.59. The second-order valence-corrected chi connectivity index (χ2v) is 7.05. The number of nitrogens with one attached hydrogen (secondary N) is 1. The average molecular weight is 296 g/mol. The number of nitrogens with zero attached hydrogens (tertiary/aromatic N) is 1. The molecule has 0 aliphatic carbocycles. The third kappa shape index (κ3) is 4.01. The summed E-state index contributed by atoms with van der Waals surface area (Å²) in [4.78, 5) is 2.28. The molecule has 0 saturated carbocycles. The Hall–Kier alpha value is -1.00. The monoisotopic (exact) mass is 296 g/mol. The number of hydrogen-bond acceptors (Lipinski definition) is 2. The van der Waals surface area contributed by atoms with E-state index in [1.54, 1.807) is 0 Å². The quantitative estimate of drug-likeness (QED) is 0.917. The van der Waals surface area contributed by atoms with Crippen LogP contribution in [0.25, 0.3) is 0 Å². The van der Waals surface area contributed by atoms with Gasteiger partial charge in [0.1, 0.15) is 11.6 Å². The normalized spacial score (nSPS) is 24.3. The maximum Gasteiger partial charge on any atom is 0.127 e. The van der Waals surface area contributed by atoms with Crippen LogP contribution in [0.4, 0.5) is 8.78 Å². The minimum absolute atomic E-state index is 0.150. The van der Waals surface area contributed by atoms with Gasteiger partial charge in [-0.15, -0.1) is 0 Å². The lowest BCUT2D eigenvalue weighted by atomic mass is 9.84. The molecule has 1 heterocycles. The first-order chi connectivity index (χ1) is 9.81. The Morgan fingerprint density at radius 3 is 2.62 bits per heavy atom. The summed E-state index contributed by atoms with van der Waals surface area (Å²) in [6.07, 6.45) is 1.00. The van der Waals surface area contributed by atoms with Gasteiger partial charge < -0.3 is 5.32 Å². The van der Waals surface area contributed by atoms with Crippen LogP contribution < -0.4 is 5.32 Å². The highest BCUT2D eigenvalue weighted by atomic mass is 19.1. The van der Waals surface area contributed by atoms with E-state index in [1.165, 1.54) is 18.2 Å². The Morgan fingerprint density at radius 1 is 1.29 bits per heavy atom. The van der Waals surface area contributed by atoms with E-state index >= 15 is 0 Å². The van der Waals surface area contributed by atoms with Gasteiger partial charge in [0.15, 0.2) is 0 Å². The first kappa shape index (κ1) is 16.4. The maximum absolute atomic E-state index is 13.9. The molecule has 2 unspecified atom stereocenters. The van der Waals surface area contributed by atoms with Gasteiger partial charge in [-0.1, -0.05) is 27.7 Å². The van der Waals surface area contributed by atoms with Gasteiger partial charge in [0.05, 0.1) is 0 Å². The van der Waals surface area contributed by atoms with Crippen LogP contribution in [0.1, 0.15) is 39.7 Å². The Morgan fingerprint density at radius 2 is 2.00 bits per heavy atom. The molecule has 0 spiro atoms. The molecule has 1 saturated heterocycles. The van der Waals surface area contributed by atoms with E-state index in [1.807, 2.05) is 0 Å². The van der Waals surface area contributed by atoms with Gasteiger partial charge in [-0.05, 0) is 30.0 Å². The summed E-state index contributed by atoms with van der Waals surface area (Å²) in [7, 11) is 0. The van der Waals surface area contributed by atoms with E-state index in [0.29, 0.717) is 24.2 Å². The first-order valence-electron chi connectivity index (χ1n) is 7.72. The SMILES string of the molecule is CCC1CNC(C(C)(C)C)CN1Cc1cc(F)ccc1F. The highest BCUT2D eigenvalue weighted by Crippen LogP contribution is 2.26. The molecule has 0 radical (unpaired) electrons. The lowest BCUT2D eigenvalue weighted by Crippen LogP contribution is -2.59. The molecule has 1 aromatic rings. The van der Waals surface area contributed by atoms with Gasteiger partial charge >= 0.3 is 0 Å². The van der Waals surface area contributed by atoms with Crippen LogP contribution in [0.15, 0.2) is 18.2 Å². The third-order valence-corrected chi connectivity index (χ3v) is 4.43. The highest BCUT2D eigenvalue weighted by molar-refractivity contribution is 5.19. The molecule has 0 aromatic heterocycles. The fraction of sp³-hybridized carbons (Fsp3) is 0.647. The van der Waals surface area contributed by atoms with Crippen LogP contribution in [0.2, 0.25) is 0 Å². The van der Waals surface area contributed by atoms with Crippen molar-refractivity contribution in [1.82, 2.24) is 10.2 Å². The number of hydrogen-bond donors (Lipinski definition) is 1. The van der Waals surface area contributed by atoms with Crippen molar-refractivity contribution in [1.29, 1.82) is 0 Å². The molecule has 0 bridgehead atoms. The van der Waals surface area contributed by atoms with E-state index in [0.717, 1.165) is 19.5 Å². The zero-order valence-electron chi connectivity index (χ0n) is 13.4. The molecular formula is C17H26F2N2. The Balaban J connectivity index is 2.16. The topological polar surface area (TPSA) is 15.3 Å². The first-order valence-corrected chi connectivity index (χ1v) is 7.72. The Bertz CT molecular complexity index is 482. The van der Waals surface area contributed by atoms with E-state index in [-0.39, 0.29) is 17.0 Å². The van der Waals surface area contributed by atoms with Crippen molar-refractivity contribution in [2.24, 2.45) is 5.41 Å². The second kappa shape index (κ2) is 6.41. The lowest BCUT2D eigenvalue weighted by molar-refractivity contribution is 0.0765. The highest BCUT2D eigenvalue weighted by Gasteiger charge is 2.33. The van der Waals surface area contributed by atoms with Crippen LogP contribution in [0, 0.1) is 17.0 Å². The van der Waals surface area contributed by atoms with Crippen molar-refractivity contribution in [2.45, 2.75) is 52.7 Å². The van der Waals surface area contributed by atoms with Crippen molar-refractivity contribution in [2.75, 3.05) is 13.1 Å². The molecule has 118 valence electrons. The van der Waals surface area contributed by atoms with Gasteiger partial charge in [0, 0.05) is 37.3 Å². The molecule has 4 heteroatoms. The van der Waals surface area contributed by atoms with E-state index < -0.39 is 0 Å². The molecule has 2 atom stereocenters. The van der Waals surface area contributed by atoms with Gasteiger partial charge in [0.2, 0.25) is 0 Å². The molecule has 2 rings (SSSR count). The summed E-state index contributed by atoms with van der Waals surface area (Å²) in [6.45, 7) is 11.0. The van der Waals surface area contributed by atoms with Gasteiger partial charge in [-0.3, -0.25) is 4.90 Å². The van der Waals surface area contributed by atoms with E-state index in [9.17, 15) is 8.78 Å². The molecule has 1 fully saturated rings. The molecule has 1 aliphatic heterocycles. The third-order valence-electron chi connectivity index (χ3n) is 4.43.